The van der Waals surface area contributed by atoms with Gasteiger partial charge in [0.15, 0.2) is 5.78 Å². The van der Waals surface area contributed by atoms with Gasteiger partial charge in [-0.2, -0.15) is 0 Å². The summed E-state index contributed by atoms with van der Waals surface area (Å²) in [6.07, 6.45) is 8.53. The van der Waals surface area contributed by atoms with Crippen molar-refractivity contribution in [3.63, 3.8) is 0 Å². The molecule has 0 unspecified atom stereocenters. The predicted molar refractivity (Wildman–Crippen MR) is 64.2 cm³/mol. The van der Waals surface area contributed by atoms with Crippen LogP contribution < -0.4 is 0 Å². The molecule has 0 aliphatic heterocycles. The van der Waals surface area contributed by atoms with Gasteiger partial charge in [0.25, 0.3) is 0 Å². The predicted octanol–water partition coefficient (Wildman–Crippen LogP) is 3.75. The Hall–Kier alpha value is -0.890. The zero-order chi connectivity index (χ0) is 10.5. The van der Waals surface area contributed by atoms with Crippen molar-refractivity contribution in [3.05, 3.63) is 34.0 Å². The molecular formula is C13H16OS. The zero-order valence-electron chi connectivity index (χ0n) is 8.87. The quantitative estimate of drug-likeness (QED) is 0.758. The van der Waals surface area contributed by atoms with Gasteiger partial charge in [-0.05, 0) is 42.7 Å². The summed E-state index contributed by atoms with van der Waals surface area (Å²) in [5, 5.41) is 2.03. The smallest absolute Gasteiger partial charge is 0.163 e. The molecular weight excluding hydrogens is 204 g/mol. The largest absolute Gasteiger partial charge is 0.294 e. The summed E-state index contributed by atoms with van der Waals surface area (Å²) in [7, 11) is 0. The summed E-state index contributed by atoms with van der Waals surface area (Å²) in [5.74, 6) is 0.333. The van der Waals surface area contributed by atoms with E-state index in [4.69, 9.17) is 0 Å². The van der Waals surface area contributed by atoms with Crippen LogP contribution in [0.2, 0.25) is 0 Å². The Labute approximate surface area is 94.8 Å². The molecule has 0 aromatic carbocycles. The number of rotatable bonds is 3. The summed E-state index contributed by atoms with van der Waals surface area (Å²) in [6, 6.07) is 4.05. The van der Waals surface area contributed by atoms with Gasteiger partial charge in [-0.3, -0.25) is 4.79 Å². The highest BCUT2D eigenvalue weighted by atomic mass is 32.1. The number of Topliss-reactive ketones (excluding diaryl/α,β-unsaturated/α-hetero) is 1. The molecule has 2 heteroatoms. The first-order chi connectivity index (χ1) is 7.36. The molecule has 80 valence electrons. The second kappa shape index (κ2) is 5.26. The van der Waals surface area contributed by atoms with E-state index in [9.17, 15) is 4.79 Å². The van der Waals surface area contributed by atoms with E-state index >= 15 is 0 Å². The van der Waals surface area contributed by atoms with Gasteiger partial charge in [-0.25, -0.2) is 0 Å². The number of hydrogen-bond acceptors (Lipinski definition) is 2. The molecule has 2 rings (SSSR count). The van der Waals surface area contributed by atoms with Crippen molar-refractivity contribution in [1.29, 1.82) is 0 Å². The van der Waals surface area contributed by atoms with Crippen LogP contribution in [0, 0.1) is 0 Å². The third-order valence-electron chi connectivity index (χ3n) is 2.81. The maximum Gasteiger partial charge on any atom is 0.163 e. The SMILES string of the molecule is O=C(Cc1cccs1)C1=CCCCCC1. The van der Waals surface area contributed by atoms with Gasteiger partial charge >= 0.3 is 0 Å². The second-order valence-corrected chi connectivity index (χ2v) is 5.04. The molecule has 15 heavy (non-hydrogen) atoms. The highest BCUT2D eigenvalue weighted by Gasteiger charge is 2.12. The monoisotopic (exact) mass is 220 g/mol. The number of thiophene rings is 1. The summed E-state index contributed by atoms with van der Waals surface area (Å²) in [4.78, 5) is 13.1. The van der Waals surface area contributed by atoms with Crippen LogP contribution in [0.15, 0.2) is 29.2 Å². The second-order valence-electron chi connectivity index (χ2n) is 4.01. The molecule has 0 saturated heterocycles. The molecule has 0 amide bonds. The van der Waals surface area contributed by atoms with Gasteiger partial charge in [0.1, 0.15) is 0 Å². The molecule has 1 nitrogen and oxygen atoms in total. The molecule has 1 aromatic heterocycles. The molecule has 1 aromatic rings. The van der Waals surface area contributed by atoms with E-state index in [1.165, 1.54) is 24.1 Å². The molecule has 0 radical (unpaired) electrons. The third-order valence-corrected chi connectivity index (χ3v) is 3.69. The number of hydrogen-bond donors (Lipinski definition) is 0. The highest BCUT2D eigenvalue weighted by Crippen LogP contribution is 2.20. The minimum atomic E-state index is 0.333. The Bertz CT molecular complexity index is 349. The molecule has 0 bridgehead atoms. The van der Waals surface area contributed by atoms with Crippen molar-refractivity contribution in [2.75, 3.05) is 0 Å². The normalized spacial score (nSPS) is 16.9. The van der Waals surface area contributed by atoms with E-state index < -0.39 is 0 Å². The van der Waals surface area contributed by atoms with Crippen LogP contribution in [0.3, 0.4) is 0 Å². The number of allylic oxidation sites excluding steroid dienone is 2. The summed E-state index contributed by atoms with van der Waals surface area (Å²) >= 11 is 1.67. The van der Waals surface area contributed by atoms with Crippen molar-refractivity contribution in [3.8, 4) is 0 Å². The van der Waals surface area contributed by atoms with E-state index in [0.717, 1.165) is 18.4 Å². The van der Waals surface area contributed by atoms with Gasteiger partial charge in [-0.15, -0.1) is 11.3 Å². The fraction of sp³-hybridized carbons (Fsp3) is 0.462. The summed E-state index contributed by atoms with van der Waals surface area (Å²) in [6.45, 7) is 0. The van der Waals surface area contributed by atoms with Gasteiger partial charge in [-0.1, -0.05) is 18.6 Å². The van der Waals surface area contributed by atoms with Gasteiger partial charge < -0.3 is 0 Å². The Morgan fingerprint density at radius 2 is 2.27 bits per heavy atom. The lowest BCUT2D eigenvalue weighted by molar-refractivity contribution is -0.115. The van der Waals surface area contributed by atoms with Crippen LogP contribution in [-0.2, 0) is 11.2 Å². The first kappa shape index (κ1) is 10.6. The number of ketones is 1. The number of carbonyl (C=O) groups is 1. The van der Waals surface area contributed by atoms with Crippen LogP contribution in [0.4, 0.5) is 0 Å². The molecule has 1 aliphatic carbocycles. The third kappa shape index (κ3) is 3.03. The Kier molecular flexibility index (Phi) is 3.73. The average Bonchev–Trinajstić information content (AvgIpc) is 2.58. The number of carbonyl (C=O) groups excluding carboxylic acids is 1. The minimum absolute atomic E-state index is 0.333. The Morgan fingerprint density at radius 3 is 3.07 bits per heavy atom. The summed E-state index contributed by atoms with van der Waals surface area (Å²) < 4.78 is 0. The van der Waals surface area contributed by atoms with Crippen LogP contribution in [0.5, 0.6) is 0 Å². The van der Waals surface area contributed by atoms with E-state index in [2.05, 4.69) is 6.08 Å². The molecule has 1 aliphatic rings. The van der Waals surface area contributed by atoms with E-state index in [1.54, 1.807) is 11.3 Å². The molecule has 0 fully saturated rings. The molecule has 0 saturated carbocycles. The lowest BCUT2D eigenvalue weighted by Gasteiger charge is -2.02. The van der Waals surface area contributed by atoms with E-state index in [-0.39, 0.29) is 0 Å². The van der Waals surface area contributed by atoms with Crippen molar-refractivity contribution in [2.24, 2.45) is 0 Å². The van der Waals surface area contributed by atoms with Crippen LogP contribution in [0.25, 0.3) is 0 Å². The highest BCUT2D eigenvalue weighted by molar-refractivity contribution is 7.10. The maximum atomic E-state index is 12.0. The first-order valence-corrected chi connectivity index (χ1v) is 6.49. The molecule has 0 atom stereocenters. The fourth-order valence-electron chi connectivity index (χ4n) is 1.95. The van der Waals surface area contributed by atoms with Gasteiger partial charge in [0.2, 0.25) is 0 Å². The van der Waals surface area contributed by atoms with E-state index in [0.29, 0.717) is 12.2 Å². The Morgan fingerprint density at radius 1 is 1.33 bits per heavy atom. The van der Waals surface area contributed by atoms with Gasteiger partial charge in [0, 0.05) is 11.3 Å². The van der Waals surface area contributed by atoms with E-state index in [1.807, 2.05) is 17.5 Å². The minimum Gasteiger partial charge on any atom is -0.294 e. The zero-order valence-corrected chi connectivity index (χ0v) is 9.69. The molecule has 1 heterocycles. The van der Waals surface area contributed by atoms with Crippen molar-refractivity contribution in [2.45, 2.75) is 38.5 Å². The molecule has 0 spiro atoms. The fourth-order valence-corrected chi connectivity index (χ4v) is 2.66. The standard InChI is InChI=1S/C13H16OS/c14-13(10-12-8-5-9-15-12)11-6-3-1-2-4-7-11/h5-6,8-9H,1-4,7,10H2. The van der Waals surface area contributed by atoms with Crippen LogP contribution >= 0.6 is 11.3 Å². The van der Waals surface area contributed by atoms with Crippen LogP contribution in [-0.4, -0.2) is 5.78 Å². The van der Waals surface area contributed by atoms with Crippen LogP contribution in [0.1, 0.15) is 37.0 Å². The molecule has 0 N–H and O–H groups in total. The van der Waals surface area contributed by atoms with Crippen molar-refractivity contribution < 1.29 is 4.79 Å². The average molecular weight is 220 g/mol. The lowest BCUT2D eigenvalue weighted by Crippen LogP contribution is -2.05. The summed E-state index contributed by atoms with van der Waals surface area (Å²) in [5.41, 5.74) is 1.07. The Balaban J connectivity index is 1.98. The van der Waals surface area contributed by atoms with Crippen molar-refractivity contribution in [1.82, 2.24) is 0 Å². The maximum absolute atomic E-state index is 12.0. The first-order valence-electron chi connectivity index (χ1n) is 5.61. The topological polar surface area (TPSA) is 17.1 Å². The van der Waals surface area contributed by atoms with Crippen molar-refractivity contribution >= 4 is 17.1 Å². The van der Waals surface area contributed by atoms with Gasteiger partial charge in [0.05, 0.1) is 0 Å². The lowest BCUT2D eigenvalue weighted by atomic mass is 10.0.